The lowest BCUT2D eigenvalue weighted by Crippen LogP contribution is -2.19. The molecule has 0 radical (unpaired) electrons. The molecule has 2 N–H and O–H groups in total. The van der Waals surface area contributed by atoms with E-state index in [0.29, 0.717) is 30.0 Å². The summed E-state index contributed by atoms with van der Waals surface area (Å²) in [6.45, 7) is 3.53. The second-order valence-electron chi connectivity index (χ2n) is 6.19. The number of hydrogen-bond donors (Lipinski definition) is 2. The lowest BCUT2D eigenvalue weighted by Gasteiger charge is -2.08. The smallest absolute Gasteiger partial charge is 0.252 e. The third kappa shape index (κ3) is 4.60. The number of benzene rings is 1. The molecular formula is C19H21N5O3. The number of aromatic nitrogens is 4. The average Bonchev–Trinajstić information content (AvgIpc) is 3.00. The fourth-order valence-corrected chi connectivity index (χ4v) is 2.67. The van der Waals surface area contributed by atoms with Gasteiger partial charge in [-0.3, -0.25) is 14.6 Å². The summed E-state index contributed by atoms with van der Waals surface area (Å²) in [7, 11) is 1.61. The maximum atomic E-state index is 12.4. The van der Waals surface area contributed by atoms with Crippen LogP contribution in [0.5, 0.6) is 5.75 Å². The van der Waals surface area contributed by atoms with Crippen LogP contribution in [0.15, 0.2) is 41.2 Å². The van der Waals surface area contributed by atoms with E-state index in [9.17, 15) is 9.59 Å². The number of H-pyrrole nitrogens is 1. The number of nitrogens with zero attached hydrogens (tertiary/aromatic N) is 3. The largest absolute Gasteiger partial charge is 0.497 e. The van der Waals surface area contributed by atoms with Gasteiger partial charge in [0.05, 0.1) is 12.8 Å². The number of hydrogen-bond acceptors (Lipinski definition) is 5. The zero-order valence-electron chi connectivity index (χ0n) is 15.4. The molecule has 0 atom stereocenters. The van der Waals surface area contributed by atoms with Crippen LogP contribution in [-0.2, 0) is 11.2 Å². The van der Waals surface area contributed by atoms with Crippen molar-refractivity contribution in [2.45, 2.75) is 26.7 Å². The topological polar surface area (TPSA) is 102 Å². The number of aryl methyl sites for hydroxylation is 3. The molecule has 0 unspecified atom stereocenters. The van der Waals surface area contributed by atoms with Crippen LogP contribution in [0.2, 0.25) is 0 Å². The van der Waals surface area contributed by atoms with Gasteiger partial charge in [0.1, 0.15) is 11.6 Å². The number of methoxy groups -OCH3 is 1. The van der Waals surface area contributed by atoms with E-state index in [1.54, 1.807) is 27.0 Å². The first kappa shape index (κ1) is 18.4. The van der Waals surface area contributed by atoms with E-state index in [4.69, 9.17) is 4.74 Å². The van der Waals surface area contributed by atoms with E-state index < -0.39 is 0 Å². The van der Waals surface area contributed by atoms with Crippen LogP contribution in [-0.4, -0.2) is 32.8 Å². The third-order valence-electron chi connectivity index (χ3n) is 3.96. The zero-order valence-corrected chi connectivity index (χ0v) is 15.4. The summed E-state index contributed by atoms with van der Waals surface area (Å²) in [6, 6.07) is 10.7. The predicted molar refractivity (Wildman–Crippen MR) is 101 cm³/mol. The summed E-state index contributed by atoms with van der Waals surface area (Å²) in [5.74, 6) is 1.35. The summed E-state index contributed by atoms with van der Waals surface area (Å²) in [6.07, 6.45) is 0.913. The number of rotatable bonds is 6. The highest BCUT2D eigenvalue weighted by atomic mass is 16.5. The Bertz CT molecular complexity index is 1000. The first-order valence-electron chi connectivity index (χ1n) is 8.52. The molecule has 1 amide bonds. The van der Waals surface area contributed by atoms with Crippen LogP contribution < -0.4 is 15.6 Å². The Morgan fingerprint density at radius 2 is 1.93 bits per heavy atom. The number of carbonyl (C=O) groups excluding carboxylic acids is 1. The number of ether oxygens (including phenoxy) is 1. The third-order valence-corrected chi connectivity index (χ3v) is 3.96. The predicted octanol–water partition coefficient (Wildman–Crippen LogP) is 2.15. The molecule has 8 heteroatoms. The van der Waals surface area contributed by atoms with Gasteiger partial charge < -0.3 is 10.1 Å². The SMILES string of the molecule is COc1ccc(CCC(=O)Nc2cc(C)nn2-c2nc(C)cc(=O)[nH]2)cc1. The molecule has 0 aliphatic heterocycles. The standard InChI is InChI=1S/C19H21N5O3/c1-12-11-18(26)22-19(20-12)24-16(10-13(2)23-24)21-17(25)9-6-14-4-7-15(27-3)8-5-14/h4-5,7-8,10-11H,6,9H2,1-3H3,(H,21,25)(H,20,22,26). The summed E-state index contributed by atoms with van der Waals surface area (Å²) >= 11 is 0. The number of amides is 1. The summed E-state index contributed by atoms with van der Waals surface area (Å²) in [5.41, 5.74) is 2.03. The number of nitrogens with one attached hydrogen (secondary N) is 2. The van der Waals surface area contributed by atoms with Gasteiger partial charge in [-0.15, -0.1) is 0 Å². The minimum atomic E-state index is -0.276. The van der Waals surface area contributed by atoms with E-state index in [0.717, 1.165) is 11.3 Å². The van der Waals surface area contributed by atoms with Crippen LogP contribution in [0.1, 0.15) is 23.4 Å². The second-order valence-corrected chi connectivity index (χ2v) is 6.19. The number of carbonyl (C=O) groups is 1. The minimum Gasteiger partial charge on any atom is -0.497 e. The van der Waals surface area contributed by atoms with Crippen molar-refractivity contribution in [1.29, 1.82) is 0 Å². The molecule has 140 valence electrons. The van der Waals surface area contributed by atoms with E-state index in [1.165, 1.54) is 10.7 Å². The molecule has 3 rings (SSSR count). The van der Waals surface area contributed by atoms with Crippen molar-refractivity contribution in [3.63, 3.8) is 0 Å². The van der Waals surface area contributed by atoms with Crippen molar-refractivity contribution in [2.24, 2.45) is 0 Å². The van der Waals surface area contributed by atoms with Gasteiger partial charge in [-0.05, 0) is 38.0 Å². The van der Waals surface area contributed by atoms with Crippen LogP contribution in [0.25, 0.3) is 5.95 Å². The van der Waals surface area contributed by atoms with E-state index in [-0.39, 0.29) is 17.4 Å². The summed E-state index contributed by atoms with van der Waals surface area (Å²) < 4.78 is 6.55. The molecule has 0 aliphatic carbocycles. The lowest BCUT2D eigenvalue weighted by molar-refractivity contribution is -0.116. The molecular weight excluding hydrogens is 346 g/mol. The van der Waals surface area contributed by atoms with Gasteiger partial charge in [0.2, 0.25) is 11.9 Å². The van der Waals surface area contributed by atoms with Gasteiger partial charge >= 0.3 is 0 Å². The maximum absolute atomic E-state index is 12.4. The molecule has 0 bridgehead atoms. The molecule has 2 heterocycles. The second kappa shape index (κ2) is 7.86. The maximum Gasteiger partial charge on any atom is 0.252 e. The van der Waals surface area contributed by atoms with Crippen molar-refractivity contribution >= 4 is 11.7 Å². The van der Waals surface area contributed by atoms with Gasteiger partial charge in [0.15, 0.2) is 0 Å². The minimum absolute atomic E-state index is 0.151. The Balaban J connectivity index is 1.71. The Morgan fingerprint density at radius 3 is 2.59 bits per heavy atom. The number of aromatic amines is 1. The molecule has 2 aromatic heterocycles. The molecule has 0 fully saturated rings. The number of anilines is 1. The molecule has 1 aromatic carbocycles. The summed E-state index contributed by atoms with van der Waals surface area (Å²) in [4.78, 5) is 31.0. The van der Waals surface area contributed by atoms with E-state index >= 15 is 0 Å². The van der Waals surface area contributed by atoms with Crippen molar-refractivity contribution in [3.05, 3.63) is 63.7 Å². The highest BCUT2D eigenvalue weighted by Gasteiger charge is 2.13. The molecule has 8 nitrogen and oxygen atoms in total. The zero-order chi connectivity index (χ0) is 19.4. The highest BCUT2D eigenvalue weighted by molar-refractivity contribution is 5.90. The van der Waals surface area contributed by atoms with Gasteiger partial charge in [-0.2, -0.15) is 9.78 Å². The molecule has 0 aliphatic rings. The van der Waals surface area contributed by atoms with E-state index in [1.807, 2.05) is 24.3 Å². The average molecular weight is 367 g/mol. The van der Waals surface area contributed by atoms with Crippen LogP contribution in [0.4, 0.5) is 5.82 Å². The first-order chi connectivity index (χ1) is 12.9. The Labute approximate surface area is 156 Å². The molecule has 0 spiro atoms. The lowest BCUT2D eigenvalue weighted by atomic mass is 10.1. The fourth-order valence-electron chi connectivity index (χ4n) is 2.67. The van der Waals surface area contributed by atoms with Gasteiger partial charge in [0.25, 0.3) is 5.56 Å². The van der Waals surface area contributed by atoms with Crippen LogP contribution in [0, 0.1) is 13.8 Å². The molecule has 3 aromatic rings. The van der Waals surface area contributed by atoms with Crippen LogP contribution >= 0.6 is 0 Å². The van der Waals surface area contributed by atoms with Crippen molar-refractivity contribution in [1.82, 2.24) is 19.7 Å². The quantitative estimate of drug-likeness (QED) is 0.695. The van der Waals surface area contributed by atoms with Crippen LogP contribution in [0.3, 0.4) is 0 Å². The van der Waals surface area contributed by atoms with Crippen molar-refractivity contribution in [3.8, 4) is 11.7 Å². The Morgan fingerprint density at radius 1 is 1.19 bits per heavy atom. The molecule has 0 saturated carbocycles. The van der Waals surface area contributed by atoms with Gasteiger partial charge in [0, 0.05) is 24.2 Å². The van der Waals surface area contributed by atoms with Gasteiger partial charge in [-0.1, -0.05) is 12.1 Å². The van der Waals surface area contributed by atoms with E-state index in [2.05, 4.69) is 20.4 Å². The monoisotopic (exact) mass is 367 g/mol. The highest BCUT2D eigenvalue weighted by Crippen LogP contribution is 2.16. The molecule has 27 heavy (non-hydrogen) atoms. The van der Waals surface area contributed by atoms with Crippen molar-refractivity contribution in [2.75, 3.05) is 12.4 Å². The first-order valence-corrected chi connectivity index (χ1v) is 8.52. The Kier molecular flexibility index (Phi) is 5.35. The molecule has 0 saturated heterocycles. The Hall–Kier alpha value is -3.42. The van der Waals surface area contributed by atoms with Gasteiger partial charge in [-0.25, -0.2) is 4.98 Å². The normalized spacial score (nSPS) is 10.6. The van der Waals surface area contributed by atoms with Crippen molar-refractivity contribution < 1.29 is 9.53 Å². The summed E-state index contributed by atoms with van der Waals surface area (Å²) in [5, 5.41) is 7.15. The fraction of sp³-hybridized carbons (Fsp3) is 0.263.